The van der Waals surface area contributed by atoms with Crippen molar-refractivity contribution in [3.05, 3.63) is 101 Å². The monoisotopic (exact) mass is 396 g/mol. The Morgan fingerprint density at radius 1 is 0.733 bits per heavy atom. The van der Waals surface area contributed by atoms with Gasteiger partial charge in [-0.1, -0.05) is 54.6 Å². The normalized spacial score (nSPS) is 11.5. The molecule has 3 aromatic carbocycles. The fraction of sp³-hybridized carbons (Fsp3) is 0.200. The van der Waals surface area contributed by atoms with E-state index in [-0.39, 0.29) is 5.69 Å². The Bertz CT molecular complexity index is 1380. The molecule has 0 aliphatic heterocycles. The molecule has 0 saturated carbocycles. The van der Waals surface area contributed by atoms with Crippen molar-refractivity contribution in [3.63, 3.8) is 0 Å². The Morgan fingerprint density at radius 3 is 2.10 bits per heavy atom. The Labute approximate surface area is 174 Å². The largest absolute Gasteiger partial charge is 0.329 e. The molecule has 5 nitrogen and oxygen atoms in total. The summed E-state index contributed by atoms with van der Waals surface area (Å²) < 4.78 is 5.93. The van der Waals surface area contributed by atoms with Crippen molar-refractivity contribution < 1.29 is 0 Å². The zero-order valence-corrected chi connectivity index (χ0v) is 17.0. The van der Waals surface area contributed by atoms with Crippen molar-refractivity contribution in [1.29, 1.82) is 0 Å². The van der Waals surface area contributed by atoms with Crippen LogP contribution >= 0.6 is 0 Å². The van der Waals surface area contributed by atoms with Crippen LogP contribution in [0.15, 0.2) is 83.7 Å². The molecule has 0 unspecified atom stereocenters. The number of benzene rings is 3. The summed E-state index contributed by atoms with van der Waals surface area (Å²) in [5.74, 6) is 0.910. The maximum absolute atomic E-state index is 13.1. The van der Waals surface area contributed by atoms with Crippen molar-refractivity contribution in [2.45, 2.75) is 33.0 Å². The smallest absolute Gasteiger partial charge is 0.326 e. The van der Waals surface area contributed by atoms with E-state index in [2.05, 4.69) is 34.9 Å². The number of aromatic nitrogens is 4. The third kappa shape index (κ3) is 3.12. The van der Waals surface area contributed by atoms with E-state index in [1.165, 1.54) is 5.56 Å². The number of hydrogen-bond acceptors (Lipinski definition) is 2. The molecular weight excluding hydrogens is 372 g/mol. The minimum Gasteiger partial charge on any atom is -0.326 e. The van der Waals surface area contributed by atoms with Gasteiger partial charge in [-0.3, -0.25) is 9.13 Å². The first-order valence-electron chi connectivity index (χ1n) is 10.4. The quantitative estimate of drug-likeness (QED) is 0.425. The molecule has 2 heterocycles. The highest BCUT2D eigenvalue weighted by atomic mass is 16.1. The third-order valence-corrected chi connectivity index (χ3v) is 5.74. The first-order chi connectivity index (χ1) is 14.8. The van der Waals surface area contributed by atoms with Crippen molar-refractivity contribution in [3.8, 4) is 0 Å². The van der Waals surface area contributed by atoms with Gasteiger partial charge in [0.05, 0.1) is 28.6 Å². The zero-order chi connectivity index (χ0) is 20.5. The van der Waals surface area contributed by atoms with Crippen LogP contribution in [0.1, 0.15) is 18.3 Å². The molecule has 0 N–H and O–H groups in total. The van der Waals surface area contributed by atoms with E-state index in [1.807, 2.05) is 64.6 Å². The Morgan fingerprint density at radius 2 is 1.37 bits per heavy atom. The van der Waals surface area contributed by atoms with Gasteiger partial charge in [0.2, 0.25) is 0 Å². The number of aryl methyl sites for hydroxylation is 3. The molecule has 0 saturated heterocycles. The van der Waals surface area contributed by atoms with Crippen molar-refractivity contribution in [2.24, 2.45) is 0 Å². The molecule has 0 aliphatic carbocycles. The second kappa shape index (κ2) is 7.67. The van der Waals surface area contributed by atoms with Crippen LogP contribution in [-0.2, 0) is 26.1 Å². The molecule has 0 bridgehead atoms. The highest BCUT2D eigenvalue weighted by Crippen LogP contribution is 2.20. The van der Waals surface area contributed by atoms with Gasteiger partial charge in [0.1, 0.15) is 5.82 Å². The second-order valence-corrected chi connectivity index (χ2v) is 7.51. The van der Waals surface area contributed by atoms with Crippen molar-refractivity contribution >= 4 is 22.1 Å². The number of imidazole rings is 2. The average molecular weight is 396 g/mol. The van der Waals surface area contributed by atoms with Gasteiger partial charge in [-0.2, -0.15) is 0 Å². The van der Waals surface area contributed by atoms with Crippen LogP contribution in [0.4, 0.5) is 0 Å². The fourth-order valence-corrected chi connectivity index (χ4v) is 4.25. The maximum Gasteiger partial charge on any atom is 0.329 e. The van der Waals surface area contributed by atoms with Gasteiger partial charge in [0, 0.05) is 13.1 Å². The molecule has 0 amide bonds. The molecule has 0 radical (unpaired) electrons. The first kappa shape index (κ1) is 18.4. The summed E-state index contributed by atoms with van der Waals surface area (Å²) in [7, 11) is 0. The summed E-state index contributed by atoms with van der Waals surface area (Å²) in [6, 6.07) is 26.7. The zero-order valence-electron chi connectivity index (χ0n) is 17.0. The average Bonchev–Trinajstić information content (AvgIpc) is 3.27. The number of hydrogen-bond donors (Lipinski definition) is 0. The molecule has 150 valence electrons. The predicted molar refractivity (Wildman–Crippen MR) is 121 cm³/mol. The lowest BCUT2D eigenvalue weighted by atomic mass is 10.1. The lowest BCUT2D eigenvalue weighted by Crippen LogP contribution is -2.25. The lowest BCUT2D eigenvalue weighted by Gasteiger charge is -2.10. The van der Waals surface area contributed by atoms with Gasteiger partial charge < -0.3 is 4.57 Å². The van der Waals surface area contributed by atoms with Crippen LogP contribution in [0.5, 0.6) is 0 Å². The number of para-hydroxylation sites is 4. The van der Waals surface area contributed by atoms with Gasteiger partial charge in [0.25, 0.3) is 0 Å². The number of fused-ring (bicyclic) bond motifs is 2. The SMILES string of the molecule is CCn1c(=O)n(Cc2nc3ccccc3n2CCc2ccccc2)c2ccccc21. The number of nitrogens with zero attached hydrogens (tertiary/aromatic N) is 4. The van der Waals surface area contributed by atoms with E-state index >= 15 is 0 Å². The standard InChI is InChI=1S/C25H24N4O/c1-2-27-22-14-8-9-15-23(22)29(25(27)30)18-24-26-20-12-6-7-13-21(20)28(24)17-16-19-10-4-3-5-11-19/h3-15H,2,16-18H2,1H3. The van der Waals surface area contributed by atoms with Crippen LogP contribution in [0.2, 0.25) is 0 Å². The molecule has 2 aromatic heterocycles. The summed E-state index contributed by atoms with van der Waals surface area (Å²) in [6.07, 6.45) is 0.916. The van der Waals surface area contributed by atoms with Crippen molar-refractivity contribution in [2.75, 3.05) is 0 Å². The van der Waals surface area contributed by atoms with E-state index in [0.717, 1.165) is 40.9 Å². The van der Waals surface area contributed by atoms with E-state index in [4.69, 9.17) is 4.98 Å². The van der Waals surface area contributed by atoms with Crippen LogP contribution in [0.3, 0.4) is 0 Å². The fourth-order valence-electron chi connectivity index (χ4n) is 4.25. The van der Waals surface area contributed by atoms with E-state index in [9.17, 15) is 4.79 Å². The minimum absolute atomic E-state index is 0.0142. The molecule has 30 heavy (non-hydrogen) atoms. The Hall–Kier alpha value is -3.60. The van der Waals surface area contributed by atoms with Crippen LogP contribution < -0.4 is 5.69 Å². The van der Waals surface area contributed by atoms with Gasteiger partial charge in [0.15, 0.2) is 0 Å². The number of rotatable bonds is 6. The summed E-state index contributed by atoms with van der Waals surface area (Å²) in [5.41, 5.74) is 5.30. The third-order valence-electron chi connectivity index (χ3n) is 5.74. The molecule has 0 fully saturated rings. The molecule has 5 aromatic rings. The Balaban J connectivity index is 1.59. The maximum atomic E-state index is 13.1. The summed E-state index contributed by atoms with van der Waals surface area (Å²) in [5, 5.41) is 0. The molecular formula is C25H24N4O. The lowest BCUT2D eigenvalue weighted by molar-refractivity contribution is 0.617. The van der Waals surface area contributed by atoms with Crippen LogP contribution in [0, 0.1) is 0 Å². The first-order valence-corrected chi connectivity index (χ1v) is 10.4. The van der Waals surface area contributed by atoms with Gasteiger partial charge >= 0.3 is 5.69 Å². The molecule has 5 rings (SSSR count). The highest BCUT2D eigenvalue weighted by molar-refractivity contribution is 5.77. The molecule has 0 atom stereocenters. The second-order valence-electron chi connectivity index (χ2n) is 7.51. The van der Waals surface area contributed by atoms with Crippen molar-refractivity contribution in [1.82, 2.24) is 18.7 Å². The molecule has 0 spiro atoms. The summed E-state index contributed by atoms with van der Waals surface area (Å²) in [4.78, 5) is 18.0. The minimum atomic E-state index is 0.0142. The Kier molecular flexibility index (Phi) is 4.71. The summed E-state index contributed by atoms with van der Waals surface area (Å²) in [6.45, 7) is 3.93. The highest BCUT2D eigenvalue weighted by Gasteiger charge is 2.16. The topological polar surface area (TPSA) is 44.8 Å². The van der Waals surface area contributed by atoms with Gasteiger partial charge in [-0.25, -0.2) is 9.78 Å². The van der Waals surface area contributed by atoms with E-state index in [1.54, 1.807) is 0 Å². The molecule has 5 heteroatoms. The predicted octanol–water partition coefficient (Wildman–Crippen LogP) is 4.46. The van der Waals surface area contributed by atoms with E-state index in [0.29, 0.717) is 13.1 Å². The van der Waals surface area contributed by atoms with Crippen LogP contribution in [0.25, 0.3) is 22.1 Å². The van der Waals surface area contributed by atoms with Gasteiger partial charge in [-0.05, 0) is 43.2 Å². The summed E-state index contributed by atoms with van der Waals surface area (Å²) >= 11 is 0. The molecule has 0 aliphatic rings. The van der Waals surface area contributed by atoms with Gasteiger partial charge in [-0.15, -0.1) is 0 Å². The van der Waals surface area contributed by atoms with E-state index < -0.39 is 0 Å². The van der Waals surface area contributed by atoms with Crippen LogP contribution in [-0.4, -0.2) is 18.7 Å².